The van der Waals surface area contributed by atoms with E-state index >= 15 is 0 Å². The van der Waals surface area contributed by atoms with Crippen LogP contribution in [0.25, 0.3) is 10.9 Å². The summed E-state index contributed by atoms with van der Waals surface area (Å²) < 4.78 is 39.3. The molecule has 1 aromatic carbocycles. The number of halogens is 3. The normalized spacial score (nSPS) is 14.2. The van der Waals surface area contributed by atoms with Crippen LogP contribution < -0.4 is 20.9 Å². The lowest BCUT2D eigenvalue weighted by atomic mass is 10.1. The number of fused-ring (bicyclic) bond motifs is 1. The standard InChI is InChI=1S/C22H26F3N7/c1-31(2)21-29-18-13-28-19(32-7-3-4-8-32)12-17(18)20(30-21)27-6-5-14-9-15(22(23,24)25)11-16(26)10-14/h9-13H,3-8,26H2,1-2H3,(H,27,29,30). The summed E-state index contributed by atoms with van der Waals surface area (Å²) in [5.41, 5.74) is 6.26. The second-order valence-corrected chi connectivity index (χ2v) is 8.16. The predicted molar refractivity (Wildman–Crippen MR) is 121 cm³/mol. The van der Waals surface area contributed by atoms with Gasteiger partial charge in [0.2, 0.25) is 5.95 Å². The summed E-state index contributed by atoms with van der Waals surface area (Å²) in [6, 6.07) is 5.63. The second kappa shape index (κ2) is 8.68. The second-order valence-electron chi connectivity index (χ2n) is 8.16. The quantitative estimate of drug-likeness (QED) is 0.556. The Morgan fingerprint density at radius 1 is 1.09 bits per heavy atom. The molecule has 0 spiro atoms. The fourth-order valence-electron chi connectivity index (χ4n) is 3.81. The third-order valence-electron chi connectivity index (χ3n) is 5.43. The number of hydrogen-bond donors (Lipinski definition) is 2. The molecule has 0 bridgehead atoms. The van der Waals surface area contributed by atoms with Crippen molar-refractivity contribution in [2.45, 2.75) is 25.4 Å². The van der Waals surface area contributed by atoms with Crippen LogP contribution in [0.15, 0.2) is 30.5 Å². The molecular formula is C22H26F3N7. The van der Waals surface area contributed by atoms with E-state index in [-0.39, 0.29) is 5.69 Å². The summed E-state index contributed by atoms with van der Waals surface area (Å²) in [6.07, 6.45) is -0.0423. The van der Waals surface area contributed by atoms with E-state index in [1.807, 2.05) is 20.2 Å². The van der Waals surface area contributed by atoms with Crippen molar-refractivity contribution in [3.05, 3.63) is 41.6 Å². The summed E-state index contributed by atoms with van der Waals surface area (Å²) in [6.45, 7) is 2.32. The van der Waals surface area contributed by atoms with Crippen LogP contribution in [-0.4, -0.2) is 48.7 Å². The molecule has 3 N–H and O–H groups in total. The summed E-state index contributed by atoms with van der Waals surface area (Å²) in [7, 11) is 3.70. The number of nitrogens with zero attached hydrogens (tertiary/aromatic N) is 5. The van der Waals surface area contributed by atoms with Crippen LogP contribution in [0.4, 0.5) is 36.4 Å². The molecule has 1 fully saturated rings. The molecular weight excluding hydrogens is 419 g/mol. The number of benzene rings is 1. The van der Waals surface area contributed by atoms with E-state index in [1.165, 1.54) is 0 Å². The Labute approximate surface area is 184 Å². The lowest BCUT2D eigenvalue weighted by molar-refractivity contribution is -0.137. The third-order valence-corrected chi connectivity index (χ3v) is 5.43. The largest absolute Gasteiger partial charge is 0.416 e. The molecule has 0 amide bonds. The van der Waals surface area contributed by atoms with Gasteiger partial charge in [-0.3, -0.25) is 0 Å². The fraction of sp³-hybridized carbons (Fsp3) is 0.409. The maximum atomic E-state index is 13.1. The highest BCUT2D eigenvalue weighted by molar-refractivity contribution is 5.91. The maximum Gasteiger partial charge on any atom is 0.416 e. The Bertz CT molecular complexity index is 1110. The van der Waals surface area contributed by atoms with Gasteiger partial charge in [0, 0.05) is 44.8 Å². The first-order valence-electron chi connectivity index (χ1n) is 10.5. The number of hydrogen-bond acceptors (Lipinski definition) is 7. The summed E-state index contributed by atoms with van der Waals surface area (Å²) >= 11 is 0. The molecule has 4 rings (SSSR count). The number of pyridine rings is 1. The number of anilines is 4. The average Bonchev–Trinajstić information content (AvgIpc) is 3.27. The van der Waals surface area contributed by atoms with E-state index in [2.05, 4.69) is 25.2 Å². The van der Waals surface area contributed by atoms with E-state index in [4.69, 9.17) is 5.73 Å². The lowest BCUT2D eigenvalue weighted by Crippen LogP contribution is -2.19. The van der Waals surface area contributed by atoms with Crippen LogP contribution in [0.5, 0.6) is 0 Å². The van der Waals surface area contributed by atoms with Crippen molar-refractivity contribution in [1.82, 2.24) is 15.0 Å². The van der Waals surface area contributed by atoms with Gasteiger partial charge in [-0.05, 0) is 49.1 Å². The van der Waals surface area contributed by atoms with Gasteiger partial charge in [-0.1, -0.05) is 0 Å². The molecule has 1 aliphatic heterocycles. The highest BCUT2D eigenvalue weighted by atomic mass is 19.4. The van der Waals surface area contributed by atoms with Crippen LogP contribution in [0.1, 0.15) is 24.0 Å². The minimum atomic E-state index is -4.43. The number of nitrogens with two attached hydrogens (primary N) is 1. The number of aromatic nitrogens is 3. The van der Waals surface area contributed by atoms with Crippen LogP contribution >= 0.6 is 0 Å². The number of nitrogens with one attached hydrogen (secondary N) is 1. The van der Waals surface area contributed by atoms with Gasteiger partial charge >= 0.3 is 6.18 Å². The molecule has 0 aliphatic carbocycles. The van der Waals surface area contributed by atoms with Gasteiger partial charge in [-0.2, -0.15) is 18.2 Å². The van der Waals surface area contributed by atoms with Crippen molar-refractivity contribution in [2.24, 2.45) is 0 Å². The van der Waals surface area contributed by atoms with E-state index in [0.29, 0.717) is 35.8 Å². The average molecular weight is 445 g/mol. The molecule has 3 heterocycles. The molecule has 0 radical (unpaired) electrons. The van der Waals surface area contributed by atoms with Crippen LogP contribution in [0, 0.1) is 0 Å². The van der Waals surface area contributed by atoms with Crippen molar-refractivity contribution < 1.29 is 13.2 Å². The van der Waals surface area contributed by atoms with Gasteiger partial charge in [-0.25, -0.2) is 9.97 Å². The van der Waals surface area contributed by atoms with Gasteiger partial charge in [0.25, 0.3) is 0 Å². The summed E-state index contributed by atoms with van der Waals surface area (Å²) in [4.78, 5) is 17.8. The van der Waals surface area contributed by atoms with Gasteiger partial charge < -0.3 is 20.9 Å². The van der Waals surface area contributed by atoms with Crippen molar-refractivity contribution in [1.29, 1.82) is 0 Å². The Morgan fingerprint density at radius 3 is 2.53 bits per heavy atom. The molecule has 0 unspecified atom stereocenters. The Kier molecular flexibility index (Phi) is 5.94. The first-order valence-corrected chi connectivity index (χ1v) is 10.5. The lowest BCUT2D eigenvalue weighted by Gasteiger charge is -2.19. The van der Waals surface area contributed by atoms with Gasteiger partial charge in [-0.15, -0.1) is 0 Å². The topological polar surface area (TPSA) is 83.2 Å². The Morgan fingerprint density at radius 2 is 1.84 bits per heavy atom. The van der Waals surface area contributed by atoms with Crippen LogP contribution in [-0.2, 0) is 12.6 Å². The zero-order valence-corrected chi connectivity index (χ0v) is 18.1. The molecule has 1 aliphatic rings. The zero-order chi connectivity index (χ0) is 22.9. The Hall–Kier alpha value is -3.30. The van der Waals surface area contributed by atoms with Crippen LogP contribution in [0.2, 0.25) is 0 Å². The highest BCUT2D eigenvalue weighted by Crippen LogP contribution is 2.32. The Balaban J connectivity index is 1.60. The molecule has 170 valence electrons. The molecule has 3 aromatic rings. The highest BCUT2D eigenvalue weighted by Gasteiger charge is 2.31. The van der Waals surface area contributed by atoms with E-state index in [0.717, 1.165) is 49.3 Å². The number of nitrogen functional groups attached to an aromatic ring is 1. The first kappa shape index (κ1) is 21.9. The molecule has 0 saturated carbocycles. The fourth-order valence-corrected chi connectivity index (χ4v) is 3.81. The smallest absolute Gasteiger partial charge is 0.399 e. The minimum absolute atomic E-state index is 0.0959. The number of rotatable bonds is 6. The van der Waals surface area contributed by atoms with Gasteiger partial charge in [0.15, 0.2) is 0 Å². The molecule has 10 heteroatoms. The minimum Gasteiger partial charge on any atom is -0.399 e. The van der Waals surface area contributed by atoms with Gasteiger partial charge in [0.05, 0.1) is 17.3 Å². The molecule has 0 atom stereocenters. The molecule has 1 saturated heterocycles. The van der Waals surface area contributed by atoms with E-state index in [1.54, 1.807) is 17.2 Å². The molecule has 32 heavy (non-hydrogen) atoms. The first-order chi connectivity index (χ1) is 15.2. The predicted octanol–water partition coefficient (Wildman–Crippen LogP) is 3.95. The van der Waals surface area contributed by atoms with Gasteiger partial charge in [0.1, 0.15) is 11.6 Å². The summed E-state index contributed by atoms with van der Waals surface area (Å²) in [5, 5.41) is 4.11. The van der Waals surface area contributed by atoms with Crippen molar-refractivity contribution in [2.75, 3.05) is 54.6 Å². The third kappa shape index (κ3) is 4.79. The SMILES string of the molecule is CN(C)c1nc(NCCc2cc(N)cc(C(F)(F)F)c2)c2cc(N3CCCC3)ncc2n1. The van der Waals surface area contributed by atoms with E-state index in [9.17, 15) is 13.2 Å². The van der Waals surface area contributed by atoms with E-state index < -0.39 is 11.7 Å². The zero-order valence-electron chi connectivity index (χ0n) is 18.1. The van der Waals surface area contributed by atoms with Crippen molar-refractivity contribution in [3.63, 3.8) is 0 Å². The van der Waals surface area contributed by atoms with Crippen LogP contribution in [0.3, 0.4) is 0 Å². The monoisotopic (exact) mass is 445 g/mol. The van der Waals surface area contributed by atoms with Crippen molar-refractivity contribution in [3.8, 4) is 0 Å². The maximum absolute atomic E-state index is 13.1. The molecule has 2 aromatic heterocycles. The molecule has 7 nitrogen and oxygen atoms in total. The number of alkyl halides is 3. The van der Waals surface area contributed by atoms with Crippen molar-refractivity contribution >= 4 is 34.2 Å². The summed E-state index contributed by atoms with van der Waals surface area (Å²) in [5.74, 6) is 2.03.